The molecule has 4 heteroatoms. The second kappa shape index (κ2) is 5.19. The number of rotatable bonds is 4. The molecule has 0 saturated heterocycles. The van der Waals surface area contributed by atoms with E-state index in [0.29, 0.717) is 24.2 Å². The van der Waals surface area contributed by atoms with Crippen LogP contribution in [0.25, 0.3) is 0 Å². The summed E-state index contributed by atoms with van der Waals surface area (Å²) in [6, 6.07) is 2.55. The zero-order valence-corrected chi connectivity index (χ0v) is 8.98. The van der Waals surface area contributed by atoms with E-state index >= 15 is 0 Å². The van der Waals surface area contributed by atoms with Crippen molar-refractivity contribution in [2.45, 2.75) is 26.4 Å². The Morgan fingerprint density at radius 2 is 2.00 bits per heavy atom. The molecule has 2 nitrogen and oxygen atoms in total. The molecule has 0 saturated carbocycles. The van der Waals surface area contributed by atoms with Gasteiger partial charge in [0.25, 0.3) is 0 Å². The Hall–Kier alpha value is -1.00. The van der Waals surface area contributed by atoms with Gasteiger partial charge in [0.05, 0.1) is 0 Å². The molecule has 0 heterocycles. The van der Waals surface area contributed by atoms with E-state index in [1.807, 2.05) is 6.92 Å². The lowest BCUT2D eigenvalue weighted by Gasteiger charge is -2.12. The summed E-state index contributed by atoms with van der Waals surface area (Å²) in [5, 5.41) is 3.05. The average molecular weight is 214 g/mol. The predicted octanol–water partition coefficient (Wildman–Crippen LogP) is 1.71. The van der Waals surface area contributed by atoms with Gasteiger partial charge in [0, 0.05) is 30.8 Å². The van der Waals surface area contributed by atoms with Crippen molar-refractivity contribution < 1.29 is 8.78 Å². The van der Waals surface area contributed by atoms with E-state index in [1.54, 1.807) is 6.92 Å². The third-order valence-corrected chi connectivity index (χ3v) is 2.32. The standard InChI is InChI=1S/C11H16F2N2/c1-7-3-9(6-15-8(2)5-14)11(13)4-10(7)12/h3-4,8,15H,5-6,14H2,1-2H3/t8-/m0/s1. The molecule has 0 aliphatic heterocycles. The maximum absolute atomic E-state index is 13.3. The largest absolute Gasteiger partial charge is 0.329 e. The van der Waals surface area contributed by atoms with E-state index in [4.69, 9.17) is 5.73 Å². The Morgan fingerprint density at radius 1 is 1.33 bits per heavy atom. The van der Waals surface area contributed by atoms with Crippen LogP contribution in [-0.2, 0) is 6.54 Å². The van der Waals surface area contributed by atoms with Crippen LogP contribution in [0.2, 0.25) is 0 Å². The van der Waals surface area contributed by atoms with Crippen LogP contribution in [0.5, 0.6) is 0 Å². The lowest BCUT2D eigenvalue weighted by atomic mass is 10.1. The highest BCUT2D eigenvalue weighted by Crippen LogP contribution is 2.13. The summed E-state index contributed by atoms with van der Waals surface area (Å²) in [6.07, 6.45) is 0. The molecule has 0 unspecified atom stereocenters. The minimum Gasteiger partial charge on any atom is -0.329 e. The molecular weight excluding hydrogens is 198 g/mol. The van der Waals surface area contributed by atoms with Crippen LogP contribution in [0.15, 0.2) is 12.1 Å². The van der Waals surface area contributed by atoms with E-state index in [1.165, 1.54) is 6.07 Å². The molecule has 84 valence electrons. The van der Waals surface area contributed by atoms with E-state index < -0.39 is 11.6 Å². The summed E-state index contributed by atoms with van der Waals surface area (Å²) in [6.45, 7) is 4.38. The van der Waals surface area contributed by atoms with E-state index in [2.05, 4.69) is 5.32 Å². The Kier molecular flexibility index (Phi) is 4.17. The normalized spacial score (nSPS) is 12.9. The number of hydrogen-bond acceptors (Lipinski definition) is 2. The number of halogens is 2. The fourth-order valence-electron chi connectivity index (χ4n) is 1.22. The molecule has 15 heavy (non-hydrogen) atoms. The van der Waals surface area contributed by atoms with Crippen LogP contribution in [0.3, 0.4) is 0 Å². The van der Waals surface area contributed by atoms with E-state index in [-0.39, 0.29) is 6.04 Å². The van der Waals surface area contributed by atoms with E-state index in [0.717, 1.165) is 6.07 Å². The molecule has 0 aliphatic rings. The lowest BCUT2D eigenvalue weighted by molar-refractivity contribution is 0.524. The predicted molar refractivity (Wildman–Crippen MR) is 56.5 cm³/mol. The van der Waals surface area contributed by atoms with Crippen molar-refractivity contribution in [2.75, 3.05) is 6.54 Å². The monoisotopic (exact) mass is 214 g/mol. The fourth-order valence-corrected chi connectivity index (χ4v) is 1.22. The van der Waals surface area contributed by atoms with Crippen molar-refractivity contribution in [2.24, 2.45) is 5.73 Å². The van der Waals surface area contributed by atoms with Gasteiger partial charge in [0.1, 0.15) is 11.6 Å². The first-order valence-electron chi connectivity index (χ1n) is 4.92. The van der Waals surface area contributed by atoms with Gasteiger partial charge in [-0.3, -0.25) is 0 Å². The number of nitrogens with one attached hydrogen (secondary N) is 1. The molecule has 0 spiro atoms. The van der Waals surface area contributed by atoms with Gasteiger partial charge in [-0.15, -0.1) is 0 Å². The highest BCUT2D eigenvalue weighted by molar-refractivity contribution is 5.25. The second-order valence-corrected chi connectivity index (χ2v) is 3.71. The molecule has 0 fully saturated rings. The van der Waals surface area contributed by atoms with Crippen molar-refractivity contribution in [3.63, 3.8) is 0 Å². The number of benzene rings is 1. The Bertz CT molecular complexity index is 340. The average Bonchev–Trinajstić information content (AvgIpc) is 2.21. The lowest BCUT2D eigenvalue weighted by Crippen LogP contribution is -2.32. The first-order valence-corrected chi connectivity index (χ1v) is 4.92. The molecule has 0 radical (unpaired) electrons. The van der Waals surface area contributed by atoms with Crippen LogP contribution in [-0.4, -0.2) is 12.6 Å². The topological polar surface area (TPSA) is 38.0 Å². The summed E-state index contributed by atoms with van der Waals surface area (Å²) in [5.74, 6) is -1.03. The summed E-state index contributed by atoms with van der Waals surface area (Å²) >= 11 is 0. The van der Waals surface area contributed by atoms with Gasteiger partial charge in [0.2, 0.25) is 0 Å². The van der Waals surface area contributed by atoms with Gasteiger partial charge in [-0.1, -0.05) is 0 Å². The smallest absolute Gasteiger partial charge is 0.130 e. The van der Waals surface area contributed by atoms with Crippen molar-refractivity contribution >= 4 is 0 Å². The van der Waals surface area contributed by atoms with Crippen LogP contribution in [0.4, 0.5) is 8.78 Å². The van der Waals surface area contributed by atoms with Gasteiger partial charge in [-0.25, -0.2) is 8.78 Å². The van der Waals surface area contributed by atoms with Gasteiger partial charge < -0.3 is 11.1 Å². The Labute approximate surface area is 88.5 Å². The van der Waals surface area contributed by atoms with Crippen LogP contribution >= 0.6 is 0 Å². The molecular formula is C11H16F2N2. The van der Waals surface area contributed by atoms with Crippen molar-refractivity contribution in [3.05, 3.63) is 34.9 Å². The number of aryl methyl sites for hydroxylation is 1. The number of nitrogens with two attached hydrogens (primary N) is 1. The minimum atomic E-state index is -0.519. The van der Waals surface area contributed by atoms with Crippen molar-refractivity contribution in [3.8, 4) is 0 Å². The Balaban J connectivity index is 2.73. The van der Waals surface area contributed by atoms with Gasteiger partial charge in [-0.05, 0) is 25.5 Å². The molecule has 0 aliphatic carbocycles. The van der Waals surface area contributed by atoms with Gasteiger partial charge >= 0.3 is 0 Å². The maximum atomic E-state index is 13.3. The highest BCUT2D eigenvalue weighted by atomic mass is 19.1. The molecule has 1 aromatic carbocycles. The molecule has 0 bridgehead atoms. The molecule has 1 atom stereocenters. The third-order valence-electron chi connectivity index (χ3n) is 2.32. The zero-order valence-electron chi connectivity index (χ0n) is 8.98. The van der Waals surface area contributed by atoms with Crippen LogP contribution in [0.1, 0.15) is 18.1 Å². The molecule has 0 amide bonds. The fraction of sp³-hybridized carbons (Fsp3) is 0.455. The molecule has 1 aromatic rings. The first kappa shape index (κ1) is 12.1. The van der Waals surface area contributed by atoms with E-state index in [9.17, 15) is 8.78 Å². The minimum absolute atomic E-state index is 0.120. The second-order valence-electron chi connectivity index (χ2n) is 3.71. The van der Waals surface area contributed by atoms with Gasteiger partial charge in [-0.2, -0.15) is 0 Å². The zero-order chi connectivity index (χ0) is 11.4. The maximum Gasteiger partial charge on any atom is 0.130 e. The van der Waals surface area contributed by atoms with Crippen LogP contribution < -0.4 is 11.1 Å². The van der Waals surface area contributed by atoms with Crippen molar-refractivity contribution in [1.82, 2.24) is 5.32 Å². The SMILES string of the molecule is Cc1cc(CN[C@@H](C)CN)c(F)cc1F. The van der Waals surface area contributed by atoms with Gasteiger partial charge in [0.15, 0.2) is 0 Å². The van der Waals surface area contributed by atoms with Crippen LogP contribution in [0, 0.1) is 18.6 Å². The molecule has 1 rings (SSSR count). The third kappa shape index (κ3) is 3.25. The molecule has 0 aromatic heterocycles. The Morgan fingerprint density at radius 3 is 2.60 bits per heavy atom. The summed E-state index contributed by atoms with van der Waals surface area (Å²) in [5.41, 5.74) is 6.33. The molecule has 3 N–H and O–H groups in total. The highest BCUT2D eigenvalue weighted by Gasteiger charge is 2.07. The van der Waals surface area contributed by atoms with Crippen molar-refractivity contribution in [1.29, 1.82) is 0 Å². The first-order chi connectivity index (χ1) is 7.04. The summed E-state index contributed by atoms with van der Waals surface area (Å²) in [4.78, 5) is 0. The number of hydrogen-bond donors (Lipinski definition) is 2. The summed E-state index contributed by atoms with van der Waals surface area (Å²) < 4.78 is 26.2. The quantitative estimate of drug-likeness (QED) is 0.800. The summed E-state index contributed by atoms with van der Waals surface area (Å²) in [7, 11) is 0.